The lowest BCUT2D eigenvalue weighted by atomic mass is 9.98. The van der Waals surface area contributed by atoms with E-state index in [1.165, 1.54) is 11.2 Å². The second-order valence-electron chi connectivity index (χ2n) is 4.92. The van der Waals surface area contributed by atoms with Gasteiger partial charge in [-0.1, -0.05) is 27.2 Å². The largest absolute Gasteiger partial charge is 0.368 e. The first kappa shape index (κ1) is 14.7. The van der Waals surface area contributed by atoms with Crippen molar-refractivity contribution in [2.75, 3.05) is 5.32 Å². The quantitative estimate of drug-likeness (QED) is 0.857. The molecule has 0 aliphatic rings. The van der Waals surface area contributed by atoms with E-state index in [-0.39, 0.29) is 11.8 Å². The second kappa shape index (κ2) is 6.17. The molecule has 0 saturated heterocycles. The molecule has 0 unspecified atom stereocenters. The average molecular weight is 292 g/mol. The number of hydrogen-bond donors (Lipinski definition) is 2. The summed E-state index contributed by atoms with van der Waals surface area (Å²) in [6, 6.07) is 1.67. The fourth-order valence-corrected chi connectivity index (χ4v) is 3.01. The molecule has 0 saturated carbocycles. The minimum absolute atomic E-state index is 0.154. The Kier molecular flexibility index (Phi) is 4.54. The fraction of sp³-hybridized carbons (Fsp3) is 0.500. The Morgan fingerprint density at radius 3 is 2.80 bits per heavy atom. The number of carbonyl (C=O) groups is 1. The Morgan fingerprint density at radius 1 is 1.45 bits per heavy atom. The molecule has 6 heteroatoms. The zero-order valence-corrected chi connectivity index (χ0v) is 12.8. The van der Waals surface area contributed by atoms with Crippen LogP contribution in [0.15, 0.2) is 12.4 Å². The Labute approximate surface area is 122 Å². The molecule has 2 heterocycles. The van der Waals surface area contributed by atoms with E-state index in [0.717, 1.165) is 23.1 Å². The Hall–Kier alpha value is -1.69. The van der Waals surface area contributed by atoms with E-state index >= 15 is 0 Å². The van der Waals surface area contributed by atoms with Crippen molar-refractivity contribution in [3.05, 3.63) is 17.3 Å². The van der Waals surface area contributed by atoms with Gasteiger partial charge in [0.2, 0.25) is 5.91 Å². The first-order chi connectivity index (χ1) is 9.56. The molecule has 0 fully saturated rings. The van der Waals surface area contributed by atoms with Crippen LogP contribution in [0.4, 0.5) is 5.82 Å². The van der Waals surface area contributed by atoms with Crippen molar-refractivity contribution in [1.82, 2.24) is 9.97 Å². The monoisotopic (exact) mass is 292 g/mol. The molecule has 0 aliphatic heterocycles. The van der Waals surface area contributed by atoms with Crippen molar-refractivity contribution in [2.24, 2.45) is 11.7 Å². The van der Waals surface area contributed by atoms with Crippen LogP contribution in [0.3, 0.4) is 0 Å². The molecule has 1 amide bonds. The summed E-state index contributed by atoms with van der Waals surface area (Å²) in [5.74, 6) is 0.494. The summed E-state index contributed by atoms with van der Waals surface area (Å²) in [6.45, 7) is 6.15. The zero-order chi connectivity index (χ0) is 14.7. The van der Waals surface area contributed by atoms with Crippen LogP contribution in [0.25, 0.3) is 10.2 Å². The molecule has 108 valence electrons. The number of thiophene rings is 1. The lowest BCUT2D eigenvalue weighted by Gasteiger charge is -2.21. The number of nitrogens with two attached hydrogens (primary N) is 1. The number of carbonyl (C=O) groups excluding carboxylic acids is 1. The van der Waals surface area contributed by atoms with Crippen LogP contribution in [0.1, 0.15) is 32.1 Å². The second-order valence-corrected chi connectivity index (χ2v) is 6.03. The third-order valence-corrected chi connectivity index (χ3v) is 4.73. The molecular formula is C14H20N4OS. The molecule has 0 spiro atoms. The molecule has 5 nitrogen and oxygen atoms in total. The van der Waals surface area contributed by atoms with Crippen LogP contribution >= 0.6 is 11.3 Å². The standard InChI is InChI=1S/C14H20N4OS/c1-4-8(3)11(12(15)19)18-13-10-6-9(5-2)20-14(10)17-7-16-13/h6-8,11H,4-5H2,1-3H3,(H2,15,19)(H,16,17,18)/t8-,11+/m0/s1. The number of nitrogens with zero attached hydrogens (tertiary/aromatic N) is 2. The first-order valence-corrected chi connectivity index (χ1v) is 7.67. The van der Waals surface area contributed by atoms with Crippen molar-refractivity contribution in [1.29, 1.82) is 0 Å². The molecular weight excluding hydrogens is 272 g/mol. The highest BCUT2D eigenvalue weighted by Gasteiger charge is 2.23. The number of anilines is 1. The minimum atomic E-state index is -0.414. The van der Waals surface area contributed by atoms with Crippen LogP contribution in [0.5, 0.6) is 0 Å². The Morgan fingerprint density at radius 2 is 2.20 bits per heavy atom. The summed E-state index contributed by atoms with van der Waals surface area (Å²) >= 11 is 1.65. The summed E-state index contributed by atoms with van der Waals surface area (Å²) < 4.78 is 0. The smallest absolute Gasteiger partial charge is 0.240 e. The van der Waals surface area contributed by atoms with E-state index in [9.17, 15) is 4.79 Å². The predicted molar refractivity (Wildman–Crippen MR) is 82.9 cm³/mol. The van der Waals surface area contributed by atoms with Gasteiger partial charge in [-0.2, -0.15) is 0 Å². The van der Waals surface area contributed by atoms with Gasteiger partial charge in [-0.25, -0.2) is 9.97 Å². The van der Waals surface area contributed by atoms with Crippen LogP contribution in [-0.4, -0.2) is 21.9 Å². The molecule has 0 aromatic carbocycles. The number of amides is 1. The molecule has 0 aliphatic carbocycles. The highest BCUT2D eigenvalue weighted by Crippen LogP contribution is 2.29. The molecule has 2 aromatic rings. The maximum Gasteiger partial charge on any atom is 0.240 e. The summed E-state index contributed by atoms with van der Waals surface area (Å²) in [7, 11) is 0. The minimum Gasteiger partial charge on any atom is -0.368 e. The molecule has 20 heavy (non-hydrogen) atoms. The van der Waals surface area contributed by atoms with Gasteiger partial charge < -0.3 is 11.1 Å². The van der Waals surface area contributed by atoms with Crippen LogP contribution in [-0.2, 0) is 11.2 Å². The first-order valence-electron chi connectivity index (χ1n) is 6.86. The van der Waals surface area contributed by atoms with Crippen molar-refractivity contribution >= 4 is 33.3 Å². The van der Waals surface area contributed by atoms with Gasteiger partial charge >= 0.3 is 0 Å². The summed E-state index contributed by atoms with van der Waals surface area (Å²) in [5, 5.41) is 4.15. The van der Waals surface area contributed by atoms with Crippen molar-refractivity contribution in [3.63, 3.8) is 0 Å². The molecule has 2 rings (SSSR count). The predicted octanol–water partition coefficient (Wildman–Crippen LogP) is 2.57. The number of hydrogen-bond acceptors (Lipinski definition) is 5. The summed E-state index contributed by atoms with van der Waals surface area (Å²) in [4.78, 5) is 22.4. The lowest BCUT2D eigenvalue weighted by Crippen LogP contribution is -2.40. The zero-order valence-electron chi connectivity index (χ0n) is 12.0. The van der Waals surface area contributed by atoms with Crippen molar-refractivity contribution in [2.45, 2.75) is 39.7 Å². The highest BCUT2D eigenvalue weighted by atomic mass is 32.1. The number of aryl methyl sites for hydroxylation is 1. The summed E-state index contributed by atoms with van der Waals surface area (Å²) in [5.41, 5.74) is 5.49. The van der Waals surface area contributed by atoms with Crippen LogP contribution in [0, 0.1) is 5.92 Å². The van der Waals surface area contributed by atoms with E-state index < -0.39 is 6.04 Å². The average Bonchev–Trinajstić information content (AvgIpc) is 2.87. The molecule has 2 aromatic heterocycles. The highest BCUT2D eigenvalue weighted by molar-refractivity contribution is 7.18. The topological polar surface area (TPSA) is 80.9 Å². The van der Waals surface area contributed by atoms with Crippen molar-refractivity contribution in [3.8, 4) is 0 Å². The van der Waals surface area contributed by atoms with E-state index in [2.05, 4.69) is 28.3 Å². The third kappa shape index (κ3) is 2.90. The van der Waals surface area contributed by atoms with Crippen LogP contribution in [0.2, 0.25) is 0 Å². The fourth-order valence-electron chi connectivity index (χ4n) is 2.07. The number of nitrogens with one attached hydrogen (secondary N) is 1. The van der Waals surface area contributed by atoms with Gasteiger partial charge in [0.1, 0.15) is 23.0 Å². The lowest BCUT2D eigenvalue weighted by molar-refractivity contribution is -0.119. The normalized spacial score (nSPS) is 14.2. The summed E-state index contributed by atoms with van der Waals surface area (Å²) in [6.07, 6.45) is 3.36. The molecule has 0 radical (unpaired) electrons. The maximum absolute atomic E-state index is 11.6. The maximum atomic E-state index is 11.6. The third-order valence-electron chi connectivity index (χ3n) is 3.54. The van der Waals surface area contributed by atoms with E-state index in [0.29, 0.717) is 5.82 Å². The molecule has 2 atom stereocenters. The van der Waals surface area contributed by atoms with E-state index in [4.69, 9.17) is 5.73 Å². The Bertz CT molecular complexity index is 610. The van der Waals surface area contributed by atoms with E-state index in [1.54, 1.807) is 11.3 Å². The number of fused-ring (bicyclic) bond motifs is 1. The molecule has 3 N–H and O–H groups in total. The van der Waals surface area contributed by atoms with Crippen molar-refractivity contribution < 1.29 is 4.79 Å². The van der Waals surface area contributed by atoms with Gasteiger partial charge in [-0.15, -0.1) is 11.3 Å². The van der Waals surface area contributed by atoms with Gasteiger partial charge in [0.15, 0.2) is 0 Å². The van der Waals surface area contributed by atoms with Crippen LogP contribution < -0.4 is 11.1 Å². The molecule has 0 bridgehead atoms. The van der Waals surface area contributed by atoms with Gasteiger partial charge in [0.05, 0.1) is 5.39 Å². The number of rotatable bonds is 6. The van der Waals surface area contributed by atoms with E-state index in [1.807, 2.05) is 13.8 Å². The van der Waals surface area contributed by atoms with Gasteiger partial charge in [0.25, 0.3) is 0 Å². The Balaban J connectivity index is 2.36. The van der Waals surface area contributed by atoms with Gasteiger partial charge in [0, 0.05) is 4.88 Å². The van der Waals surface area contributed by atoms with Gasteiger partial charge in [-0.3, -0.25) is 4.79 Å². The number of aromatic nitrogens is 2. The van der Waals surface area contributed by atoms with Gasteiger partial charge in [-0.05, 0) is 18.4 Å². The SMILES string of the molecule is CCc1cc2c(N[C@@H](C(N)=O)[C@@H](C)CC)ncnc2s1. The number of primary amides is 1.